The van der Waals surface area contributed by atoms with Crippen molar-refractivity contribution < 1.29 is 17.1 Å². The van der Waals surface area contributed by atoms with Gasteiger partial charge in [-0.1, -0.05) is 58.7 Å². The number of benzene rings is 4. The summed E-state index contributed by atoms with van der Waals surface area (Å²) in [7, 11) is -7.62. The average molecular weight is 623 g/mol. The fourth-order valence-electron chi connectivity index (χ4n) is 4.40. The summed E-state index contributed by atoms with van der Waals surface area (Å²) < 4.78 is 25.9. The van der Waals surface area contributed by atoms with Crippen LogP contribution in [0.4, 0.5) is 22.7 Å². The van der Waals surface area contributed by atoms with Crippen LogP contribution in [0.3, 0.4) is 0 Å². The monoisotopic (exact) mass is 622 g/mol. The van der Waals surface area contributed by atoms with E-state index in [1.54, 1.807) is 0 Å². The molecule has 4 aromatic carbocycles. The number of hydrogen-bond acceptors (Lipinski definition) is 6. The van der Waals surface area contributed by atoms with Crippen LogP contribution in [0, 0.1) is 0 Å². The lowest BCUT2D eigenvalue weighted by Crippen LogP contribution is -2.56. The van der Waals surface area contributed by atoms with E-state index in [2.05, 4.69) is 49.9 Å². The van der Waals surface area contributed by atoms with E-state index in [0.29, 0.717) is 0 Å². The Kier molecular flexibility index (Phi) is 13.8. The van der Waals surface area contributed by atoms with E-state index in [0.717, 1.165) is 34.2 Å². The zero-order chi connectivity index (χ0) is 27.9. The molecular weight excluding hydrogens is 573 g/mol. The third kappa shape index (κ3) is 11.9. The normalized spacial score (nSPS) is 11.2. The van der Waals surface area contributed by atoms with Gasteiger partial charge in [0.05, 0.1) is 0 Å². The fraction of sp³-hybridized carbons (Fsp3) is 0.273. The second-order valence-corrected chi connectivity index (χ2v) is 21.1. The number of nitrogens with one attached hydrogen (secondary N) is 2. The van der Waals surface area contributed by atoms with Crippen LogP contribution >= 0.6 is 0 Å². The van der Waals surface area contributed by atoms with Crippen LogP contribution in [0.5, 0.6) is 11.5 Å². The summed E-state index contributed by atoms with van der Waals surface area (Å²) in [4.78, 5) is 0. The molecule has 0 aliphatic rings. The second-order valence-electron chi connectivity index (χ2n) is 10.6. The third-order valence-corrected chi connectivity index (χ3v) is 14.9. The Bertz CT molecular complexity index is 1220. The molecule has 0 heterocycles. The van der Waals surface area contributed by atoms with Gasteiger partial charge < -0.3 is 27.7 Å². The minimum Gasteiger partial charge on any atom is -0.521 e. The molecule has 2 N–H and O–H groups in total. The molecule has 4 aromatic rings. The molecule has 228 valence electrons. The van der Waals surface area contributed by atoms with Crippen LogP contribution in [0.2, 0.25) is 39.3 Å². The highest BCUT2D eigenvalue weighted by Crippen LogP contribution is 2.28. The fourth-order valence-corrected chi connectivity index (χ4v) is 16.2. The van der Waals surface area contributed by atoms with Crippen molar-refractivity contribution in [3.8, 4) is 11.5 Å². The summed E-state index contributed by atoms with van der Waals surface area (Å²) in [5.41, 5.74) is 4.09. The highest BCUT2D eigenvalue weighted by molar-refractivity contribution is 6.84. The summed E-state index contributed by atoms with van der Waals surface area (Å²) in [5.74, 6) is 1.57. The van der Waals surface area contributed by atoms with Gasteiger partial charge in [0.1, 0.15) is 11.5 Å². The van der Waals surface area contributed by atoms with Crippen LogP contribution in [0.1, 0.15) is 22.3 Å². The zero-order valence-corrected chi connectivity index (χ0v) is 26.5. The van der Waals surface area contributed by atoms with Crippen molar-refractivity contribution in [3.05, 3.63) is 109 Å². The van der Waals surface area contributed by atoms with Gasteiger partial charge in [-0.3, -0.25) is 0 Å². The molecule has 0 fully saturated rings. The largest absolute Gasteiger partial charge is 0.521 e. The first kappa shape index (κ1) is 36.7. The number of rotatable bonds is 12. The quantitative estimate of drug-likeness (QED) is 0.153. The molecule has 0 amide bonds. The first-order valence-electron chi connectivity index (χ1n) is 13.1. The third-order valence-electron chi connectivity index (χ3n) is 5.54. The van der Waals surface area contributed by atoms with E-state index in [4.69, 9.17) is 17.1 Å². The minimum absolute atomic E-state index is 0. The molecule has 0 saturated carbocycles. The molecule has 0 saturated heterocycles. The van der Waals surface area contributed by atoms with Crippen molar-refractivity contribution in [1.82, 2.24) is 0 Å². The summed E-state index contributed by atoms with van der Waals surface area (Å²) in [6.45, 7) is 12.3. The van der Waals surface area contributed by atoms with E-state index < -0.39 is 25.7 Å². The number of anilines is 4. The Hall–Kier alpha value is -3.35. The molecule has 0 aliphatic heterocycles. The predicted octanol–water partition coefficient (Wildman–Crippen LogP) is 10.7. The van der Waals surface area contributed by atoms with Crippen LogP contribution in [0.15, 0.2) is 109 Å². The standard InChI is InChI=1S/C30H38N2O4Si3.3CH4/c1-37(2,33-29-21-17-27(18-22-29)31-25-13-9-7-10-14-25)35-39(5,6)36-38(3,4)34-30-23-19-28(20-24-30)32-26-15-11-8-12-16-26;;;/h7-24,31-32H,1-6H3;3*1H4. The van der Waals surface area contributed by atoms with Crippen molar-refractivity contribution >= 4 is 48.4 Å². The Balaban J connectivity index is 0.00000294. The van der Waals surface area contributed by atoms with Crippen LogP contribution < -0.4 is 19.5 Å². The molecule has 0 bridgehead atoms. The van der Waals surface area contributed by atoms with Gasteiger partial charge in [-0.25, -0.2) is 0 Å². The SMILES string of the molecule is C.C.C.C[Si](C)(Oc1ccc(Nc2ccccc2)cc1)O[Si](C)(C)O[Si](C)(C)Oc1ccc(Nc2ccccc2)cc1. The van der Waals surface area contributed by atoms with Crippen molar-refractivity contribution in [2.24, 2.45) is 0 Å². The van der Waals surface area contributed by atoms with E-state index >= 15 is 0 Å². The van der Waals surface area contributed by atoms with Gasteiger partial charge in [0.2, 0.25) is 0 Å². The zero-order valence-electron chi connectivity index (χ0n) is 23.5. The minimum atomic E-state index is -2.56. The first-order valence-corrected chi connectivity index (χ1v) is 21.5. The maximum Gasteiger partial charge on any atom is 0.383 e. The molecule has 0 aliphatic carbocycles. The van der Waals surface area contributed by atoms with Gasteiger partial charge in [-0.05, 0) is 112 Å². The average Bonchev–Trinajstić information content (AvgIpc) is 2.86. The Labute approximate surface area is 257 Å². The highest BCUT2D eigenvalue weighted by Gasteiger charge is 2.43. The lowest BCUT2D eigenvalue weighted by molar-refractivity contribution is 0.302. The molecule has 9 heteroatoms. The molecule has 6 nitrogen and oxygen atoms in total. The van der Waals surface area contributed by atoms with Crippen molar-refractivity contribution in [3.63, 3.8) is 0 Å². The molecule has 4 rings (SSSR count). The van der Waals surface area contributed by atoms with Gasteiger partial charge in [-0.15, -0.1) is 0 Å². The summed E-state index contributed by atoms with van der Waals surface area (Å²) in [5, 5.41) is 6.78. The summed E-state index contributed by atoms with van der Waals surface area (Å²) in [6.07, 6.45) is 0. The van der Waals surface area contributed by atoms with Crippen molar-refractivity contribution in [2.45, 2.75) is 61.6 Å². The molecule has 0 radical (unpaired) electrons. The Morgan fingerprint density at radius 2 is 0.667 bits per heavy atom. The van der Waals surface area contributed by atoms with Gasteiger partial charge in [-0.2, -0.15) is 0 Å². The Morgan fingerprint density at radius 1 is 0.381 bits per heavy atom. The van der Waals surface area contributed by atoms with E-state index in [1.807, 2.05) is 109 Å². The lowest BCUT2D eigenvalue weighted by Gasteiger charge is -2.37. The lowest BCUT2D eigenvalue weighted by atomic mass is 10.2. The summed E-state index contributed by atoms with van der Waals surface area (Å²) >= 11 is 0. The molecule has 0 spiro atoms. The maximum atomic E-state index is 6.58. The van der Waals surface area contributed by atoms with Crippen LogP contribution in [0.25, 0.3) is 0 Å². The van der Waals surface area contributed by atoms with Crippen molar-refractivity contribution in [1.29, 1.82) is 0 Å². The predicted molar refractivity (Wildman–Crippen MR) is 188 cm³/mol. The molecule has 0 aromatic heterocycles. The van der Waals surface area contributed by atoms with Crippen LogP contribution in [-0.2, 0) is 8.23 Å². The topological polar surface area (TPSA) is 61.0 Å². The van der Waals surface area contributed by atoms with Gasteiger partial charge in [0.15, 0.2) is 0 Å². The molecule has 0 unspecified atom stereocenters. The van der Waals surface area contributed by atoms with Gasteiger partial charge >= 0.3 is 25.7 Å². The second kappa shape index (κ2) is 15.8. The van der Waals surface area contributed by atoms with Crippen molar-refractivity contribution in [2.75, 3.05) is 10.6 Å². The van der Waals surface area contributed by atoms with Gasteiger partial charge in [0.25, 0.3) is 0 Å². The van der Waals surface area contributed by atoms with E-state index in [1.165, 1.54) is 0 Å². The maximum absolute atomic E-state index is 6.58. The number of hydrogen-bond donors (Lipinski definition) is 2. The Morgan fingerprint density at radius 3 is 0.976 bits per heavy atom. The highest BCUT2D eigenvalue weighted by atomic mass is 28.5. The van der Waals surface area contributed by atoms with Gasteiger partial charge in [0, 0.05) is 22.7 Å². The van der Waals surface area contributed by atoms with Crippen LogP contribution in [-0.4, -0.2) is 25.7 Å². The van der Waals surface area contributed by atoms with E-state index in [9.17, 15) is 0 Å². The molecular formula is C33H50N2O4Si3. The molecule has 42 heavy (non-hydrogen) atoms. The smallest absolute Gasteiger partial charge is 0.383 e. The van der Waals surface area contributed by atoms with E-state index in [-0.39, 0.29) is 22.3 Å². The first-order chi connectivity index (χ1) is 18.5. The number of para-hydroxylation sites is 2. The summed E-state index contributed by atoms with van der Waals surface area (Å²) in [6, 6.07) is 36.1. The molecule has 0 atom stereocenters.